The first-order valence-corrected chi connectivity index (χ1v) is 10.8. The Balaban J connectivity index is 1.68. The van der Waals surface area contributed by atoms with Crippen LogP contribution < -0.4 is 4.74 Å². The van der Waals surface area contributed by atoms with Gasteiger partial charge in [-0.3, -0.25) is 10.0 Å². The first kappa shape index (κ1) is 21.6. The topological polar surface area (TPSA) is 137 Å². The number of hydrogen-bond acceptors (Lipinski definition) is 8. The van der Waals surface area contributed by atoms with Crippen molar-refractivity contribution in [2.75, 3.05) is 19.6 Å². The van der Waals surface area contributed by atoms with Gasteiger partial charge in [-0.2, -0.15) is 9.57 Å². The summed E-state index contributed by atoms with van der Waals surface area (Å²) < 4.78 is 33.4. The van der Waals surface area contributed by atoms with Gasteiger partial charge >= 0.3 is 0 Å². The summed E-state index contributed by atoms with van der Waals surface area (Å²) >= 11 is 0. The molecule has 158 valence electrons. The van der Waals surface area contributed by atoms with Crippen LogP contribution in [0.5, 0.6) is 5.88 Å². The summed E-state index contributed by atoms with van der Waals surface area (Å²) in [6.45, 7) is 0.426. The van der Waals surface area contributed by atoms with Gasteiger partial charge in [0.1, 0.15) is 17.7 Å². The van der Waals surface area contributed by atoms with E-state index in [9.17, 15) is 18.4 Å². The van der Waals surface area contributed by atoms with Crippen molar-refractivity contribution in [2.24, 2.45) is 0 Å². The number of nitrogens with zero attached hydrogens (tertiary/aromatic N) is 5. The van der Waals surface area contributed by atoms with E-state index in [0.29, 0.717) is 29.0 Å². The number of carbonyl (C=O) groups is 1. The second-order valence-electron chi connectivity index (χ2n) is 6.68. The lowest BCUT2D eigenvalue weighted by atomic mass is 10.1. The van der Waals surface area contributed by atoms with Crippen LogP contribution in [0.15, 0.2) is 41.7 Å². The Morgan fingerprint density at radius 1 is 1.27 bits per heavy atom. The van der Waals surface area contributed by atoms with Crippen LogP contribution in [-0.4, -0.2) is 65.1 Å². The molecule has 1 N–H and O–H groups in total. The van der Waals surface area contributed by atoms with Crippen LogP contribution in [0.25, 0.3) is 0 Å². The van der Waals surface area contributed by atoms with E-state index in [2.05, 4.69) is 9.97 Å². The predicted octanol–water partition coefficient (Wildman–Crippen LogP) is 0.970. The molecule has 1 saturated heterocycles. The first-order chi connectivity index (χ1) is 14.5. The van der Waals surface area contributed by atoms with E-state index in [4.69, 9.17) is 10.00 Å². The number of rotatable bonds is 8. The highest BCUT2D eigenvalue weighted by Crippen LogP contribution is 2.25. The zero-order chi connectivity index (χ0) is 21.6. The summed E-state index contributed by atoms with van der Waals surface area (Å²) in [4.78, 5) is 18.7. The third-order valence-corrected chi connectivity index (χ3v) is 6.64. The number of amides is 1. The van der Waals surface area contributed by atoms with E-state index < -0.39 is 10.0 Å². The molecule has 3 rings (SSSR count). The average Bonchev–Trinajstić information content (AvgIpc) is 2.78. The fraction of sp³-hybridized carbons (Fsp3) is 0.368. The fourth-order valence-electron chi connectivity index (χ4n) is 3.17. The van der Waals surface area contributed by atoms with E-state index in [-0.39, 0.29) is 49.5 Å². The maximum atomic E-state index is 13.1. The predicted molar refractivity (Wildman–Crippen MR) is 104 cm³/mol. The van der Waals surface area contributed by atoms with Gasteiger partial charge in [-0.25, -0.2) is 23.4 Å². The number of pyridine rings is 2. The van der Waals surface area contributed by atoms with Crippen molar-refractivity contribution in [1.29, 1.82) is 5.26 Å². The molecule has 10 nitrogen and oxygen atoms in total. The molecule has 1 amide bonds. The Morgan fingerprint density at radius 3 is 2.67 bits per heavy atom. The normalized spacial score (nSPS) is 15.3. The molecule has 30 heavy (non-hydrogen) atoms. The number of aromatic nitrogens is 2. The SMILES string of the molecule is N#Cc1cccnc1OC1CCN(S(=O)(=O)c2ncccc2CCN(O)C=O)CC1. The second-order valence-corrected chi connectivity index (χ2v) is 8.53. The molecular formula is C19H21N5O5S. The van der Waals surface area contributed by atoms with Crippen molar-refractivity contribution in [2.45, 2.75) is 30.4 Å². The third-order valence-electron chi connectivity index (χ3n) is 4.74. The highest BCUT2D eigenvalue weighted by Gasteiger charge is 2.33. The lowest BCUT2D eigenvalue weighted by Gasteiger charge is -2.31. The Bertz CT molecular complexity index is 1030. The highest BCUT2D eigenvalue weighted by molar-refractivity contribution is 7.89. The van der Waals surface area contributed by atoms with Crippen LogP contribution in [0.3, 0.4) is 0 Å². The van der Waals surface area contributed by atoms with Crippen LogP contribution >= 0.6 is 0 Å². The lowest BCUT2D eigenvalue weighted by Crippen LogP contribution is -2.42. The monoisotopic (exact) mass is 431 g/mol. The number of piperidine rings is 1. The Hall–Kier alpha value is -3.07. The van der Waals surface area contributed by atoms with Crippen LogP contribution in [-0.2, 0) is 21.2 Å². The summed E-state index contributed by atoms with van der Waals surface area (Å²) in [7, 11) is -3.85. The van der Waals surface area contributed by atoms with Gasteiger partial charge in [0.15, 0.2) is 5.03 Å². The van der Waals surface area contributed by atoms with Crippen LogP contribution in [0, 0.1) is 11.3 Å². The number of carbonyl (C=O) groups excluding carboxylic acids is 1. The van der Waals surface area contributed by atoms with Gasteiger partial charge < -0.3 is 4.74 Å². The number of hydroxylamine groups is 2. The van der Waals surface area contributed by atoms with Gasteiger partial charge in [0.05, 0.1) is 6.54 Å². The summed E-state index contributed by atoms with van der Waals surface area (Å²) in [6, 6.07) is 8.51. The number of sulfonamides is 1. The summed E-state index contributed by atoms with van der Waals surface area (Å²) in [5.41, 5.74) is 0.753. The van der Waals surface area contributed by atoms with Gasteiger partial charge in [-0.15, -0.1) is 0 Å². The molecule has 1 aliphatic rings. The minimum atomic E-state index is -3.85. The third kappa shape index (κ3) is 4.91. The van der Waals surface area contributed by atoms with Crippen LogP contribution in [0.4, 0.5) is 0 Å². The maximum absolute atomic E-state index is 13.1. The zero-order valence-electron chi connectivity index (χ0n) is 16.1. The molecule has 0 aromatic carbocycles. The van der Waals surface area contributed by atoms with E-state index in [0.717, 1.165) is 0 Å². The van der Waals surface area contributed by atoms with Crippen molar-refractivity contribution in [1.82, 2.24) is 19.3 Å². The van der Waals surface area contributed by atoms with E-state index >= 15 is 0 Å². The minimum Gasteiger partial charge on any atom is -0.473 e. The van der Waals surface area contributed by atoms with E-state index in [1.807, 2.05) is 6.07 Å². The van der Waals surface area contributed by atoms with Crippen molar-refractivity contribution in [3.63, 3.8) is 0 Å². The van der Waals surface area contributed by atoms with Gasteiger partial charge in [0.25, 0.3) is 10.0 Å². The molecular weight excluding hydrogens is 410 g/mol. The molecule has 0 bridgehead atoms. The zero-order valence-corrected chi connectivity index (χ0v) is 16.9. The molecule has 1 aliphatic heterocycles. The highest BCUT2D eigenvalue weighted by atomic mass is 32.2. The molecule has 11 heteroatoms. The lowest BCUT2D eigenvalue weighted by molar-refractivity contribution is -0.149. The number of nitriles is 1. The number of ether oxygens (including phenoxy) is 1. The van der Waals surface area contributed by atoms with Gasteiger partial charge in [0.2, 0.25) is 12.3 Å². The minimum absolute atomic E-state index is 0.0427. The van der Waals surface area contributed by atoms with Crippen molar-refractivity contribution in [3.05, 3.63) is 47.8 Å². The smallest absolute Gasteiger partial charge is 0.260 e. The number of hydrogen-bond donors (Lipinski definition) is 1. The maximum Gasteiger partial charge on any atom is 0.260 e. The molecule has 2 aromatic rings. The molecule has 0 aliphatic carbocycles. The molecule has 1 fully saturated rings. The van der Waals surface area contributed by atoms with Gasteiger partial charge in [-0.05, 0) is 43.0 Å². The van der Waals surface area contributed by atoms with Crippen molar-refractivity contribution >= 4 is 16.4 Å². The Morgan fingerprint density at radius 2 is 1.97 bits per heavy atom. The van der Waals surface area contributed by atoms with E-state index in [1.54, 1.807) is 24.3 Å². The molecule has 0 spiro atoms. The molecule has 3 heterocycles. The Labute approximate surface area is 174 Å². The van der Waals surface area contributed by atoms with Crippen LogP contribution in [0.1, 0.15) is 24.0 Å². The largest absolute Gasteiger partial charge is 0.473 e. The standard InChI is InChI=1S/C19H21N5O5S/c20-13-16-4-2-8-21-18(16)29-17-6-11-24(12-7-17)30(27,28)19-15(3-1-9-22-19)5-10-23(26)14-25/h1-4,8-9,14,17,26H,5-7,10-12H2. The fourth-order valence-corrected chi connectivity index (χ4v) is 4.81. The first-order valence-electron chi connectivity index (χ1n) is 9.32. The second kappa shape index (κ2) is 9.62. The average molecular weight is 431 g/mol. The molecule has 0 atom stereocenters. The molecule has 0 radical (unpaired) electrons. The molecule has 0 unspecified atom stereocenters. The summed E-state index contributed by atoms with van der Waals surface area (Å²) in [5.74, 6) is 0.247. The quantitative estimate of drug-likeness (QED) is 0.371. The van der Waals surface area contributed by atoms with Gasteiger partial charge in [0, 0.05) is 25.5 Å². The Kier molecular flexibility index (Phi) is 6.94. The van der Waals surface area contributed by atoms with Crippen molar-refractivity contribution < 1.29 is 23.2 Å². The van der Waals surface area contributed by atoms with E-state index in [1.165, 1.54) is 16.7 Å². The molecule has 2 aromatic heterocycles. The van der Waals surface area contributed by atoms with Gasteiger partial charge in [-0.1, -0.05) is 6.07 Å². The van der Waals surface area contributed by atoms with Crippen LogP contribution in [0.2, 0.25) is 0 Å². The van der Waals surface area contributed by atoms with Crippen molar-refractivity contribution in [3.8, 4) is 11.9 Å². The molecule has 0 saturated carbocycles. The summed E-state index contributed by atoms with van der Waals surface area (Å²) in [5, 5.41) is 18.8. The summed E-state index contributed by atoms with van der Waals surface area (Å²) in [6.07, 6.45) is 3.97.